The molecule has 1 aromatic carbocycles. The van der Waals surface area contributed by atoms with Gasteiger partial charge in [-0.1, -0.05) is 44.5 Å². The molecule has 1 aromatic rings. The highest BCUT2D eigenvalue weighted by molar-refractivity contribution is 6.30. The Morgan fingerprint density at radius 2 is 1.71 bits per heavy atom. The summed E-state index contributed by atoms with van der Waals surface area (Å²) in [4.78, 5) is 23.0. The van der Waals surface area contributed by atoms with Gasteiger partial charge in [0, 0.05) is 11.4 Å². The van der Waals surface area contributed by atoms with Crippen molar-refractivity contribution in [3.05, 3.63) is 34.9 Å². The molecule has 0 aliphatic rings. The molecule has 0 aromatic heterocycles. The second-order valence-corrected chi connectivity index (χ2v) is 6.13. The minimum atomic E-state index is -0.952. The number of carboxylic acid groups (broad SMARTS) is 1. The normalized spacial score (nSPS) is 13.8. The predicted molar refractivity (Wildman–Crippen MR) is 83.2 cm³/mol. The fourth-order valence-electron chi connectivity index (χ4n) is 1.90. The first-order valence-corrected chi connectivity index (χ1v) is 7.44. The third kappa shape index (κ3) is 6.17. The molecule has 0 bridgehead atoms. The van der Waals surface area contributed by atoms with Crippen molar-refractivity contribution in [3.63, 3.8) is 0 Å². The van der Waals surface area contributed by atoms with Crippen LogP contribution in [0.1, 0.15) is 45.2 Å². The van der Waals surface area contributed by atoms with Crippen LogP contribution in [0.2, 0.25) is 5.02 Å². The van der Waals surface area contributed by atoms with Crippen LogP contribution in [0.5, 0.6) is 0 Å². The molecule has 116 valence electrons. The van der Waals surface area contributed by atoms with Crippen LogP contribution in [-0.4, -0.2) is 17.0 Å². The summed E-state index contributed by atoms with van der Waals surface area (Å²) in [5.74, 6) is -0.422. The molecule has 4 nitrogen and oxygen atoms in total. The number of rotatable bonds is 7. The zero-order valence-corrected chi connectivity index (χ0v) is 13.4. The monoisotopic (exact) mass is 311 g/mol. The molecule has 2 atom stereocenters. The Labute approximate surface area is 130 Å². The van der Waals surface area contributed by atoms with Crippen molar-refractivity contribution in [2.75, 3.05) is 0 Å². The van der Waals surface area contributed by atoms with Crippen molar-refractivity contribution < 1.29 is 14.7 Å². The molecule has 0 fully saturated rings. The Balaban J connectivity index is 2.76. The smallest absolute Gasteiger partial charge is 0.305 e. The Kier molecular flexibility index (Phi) is 6.69. The summed E-state index contributed by atoms with van der Waals surface area (Å²) in [6.07, 6.45) is 0.241. The van der Waals surface area contributed by atoms with Gasteiger partial charge in [0.05, 0.1) is 12.5 Å². The molecule has 0 saturated carbocycles. The molecule has 0 saturated heterocycles. The minimum absolute atomic E-state index is 0.127. The molecule has 1 amide bonds. The van der Waals surface area contributed by atoms with Crippen LogP contribution in [0, 0.1) is 11.8 Å². The molecule has 1 unspecified atom stereocenters. The number of hydrogen-bond donors (Lipinski definition) is 2. The zero-order chi connectivity index (χ0) is 16.0. The predicted octanol–water partition coefficient (Wildman–Crippen LogP) is 3.65. The van der Waals surface area contributed by atoms with Gasteiger partial charge >= 0.3 is 5.97 Å². The second-order valence-electron chi connectivity index (χ2n) is 5.69. The molecule has 0 radical (unpaired) electrons. The molecule has 0 spiro atoms. The molecule has 21 heavy (non-hydrogen) atoms. The quantitative estimate of drug-likeness (QED) is 0.807. The third-order valence-corrected chi connectivity index (χ3v) is 3.88. The number of hydrogen-bond acceptors (Lipinski definition) is 2. The standard InChI is InChI=1S/C16H22ClNO3/c1-10(2)11(3)8-15(19)18-14(9-16(20)21)12-4-6-13(17)7-5-12/h4-7,10-11,14H,8-9H2,1-3H3,(H,18,19)(H,20,21)/t11?,14-/m0/s1. The number of halogens is 1. The van der Waals surface area contributed by atoms with Crippen molar-refractivity contribution in [3.8, 4) is 0 Å². The van der Waals surface area contributed by atoms with E-state index in [-0.39, 0.29) is 18.2 Å². The highest BCUT2D eigenvalue weighted by Gasteiger charge is 2.20. The van der Waals surface area contributed by atoms with Crippen LogP contribution in [-0.2, 0) is 9.59 Å². The molecule has 0 aliphatic heterocycles. The zero-order valence-electron chi connectivity index (χ0n) is 12.6. The van der Waals surface area contributed by atoms with Gasteiger partial charge in [-0.25, -0.2) is 0 Å². The molecular formula is C16H22ClNO3. The summed E-state index contributed by atoms with van der Waals surface area (Å²) < 4.78 is 0. The van der Waals surface area contributed by atoms with E-state index in [9.17, 15) is 9.59 Å². The SMILES string of the molecule is CC(C)C(C)CC(=O)N[C@@H](CC(=O)O)c1ccc(Cl)cc1. The van der Waals surface area contributed by atoms with E-state index in [1.807, 2.05) is 6.92 Å². The van der Waals surface area contributed by atoms with E-state index >= 15 is 0 Å². The molecule has 5 heteroatoms. The highest BCUT2D eigenvalue weighted by atomic mass is 35.5. The van der Waals surface area contributed by atoms with E-state index in [1.54, 1.807) is 24.3 Å². The topological polar surface area (TPSA) is 66.4 Å². The third-order valence-electron chi connectivity index (χ3n) is 3.63. The van der Waals surface area contributed by atoms with Gasteiger partial charge in [-0.2, -0.15) is 0 Å². The first-order chi connectivity index (χ1) is 9.79. The number of amides is 1. The van der Waals surface area contributed by atoms with Gasteiger partial charge in [0.15, 0.2) is 0 Å². The molecular weight excluding hydrogens is 290 g/mol. The van der Waals surface area contributed by atoms with E-state index < -0.39 is 12.0 Å². The molecule has 2 N–H and O–H groups in total. The first-order valence-electron chi connectivity index (χ1n) is 7.06. The lowest BCUT2D eigenvalue weighted by Gasteiger charge is -2.20. The average molecular weight is 312 g/mol. The number of carboxylic acids is 1. The van der Waals surface area contributed by atoms with Crippen molar-refractivity contribution >= 4 is 23.5 Å². The lowest BCUT2D eigenvalue weighted by atomic mass is 9.94. The summed E-state index contributed by atoms with van der Waals surface area (Å²) in [6, 6.07) is 6.32. The lowest BCUT2D eigenvalue weighted by molar-refractivity contribution is -0.137. The highest BCUT2D eigenvalue weighted by Crippen LogP contribution is 2.21. The summed E-state index contributed by atoms with van der Waals surface area (Å²) in [5, 5.41) is 12.4. The number of benzene rings is 1. The van der Waals surface area contributed by atoms with Crippen molar-refractivity contribution in [2.45, 2.75) is 39.7 Å². The van der Waals surface area contributed by atoms with Gasteiger partial charge in [0.1, 0.15) is 0 Å². The number of carbonyl (C=O) groups is 2. The largest absolute Gasteiger partial charge is 0.481 e. The summed E-state index contributed by atoms with van der Waals surface area (Å²) >= 11 is 5.83. The van der Waals surface area contributed by atoms with Crippen LogP contribution in [0.4, 0.5) is 0 Å². The van der Waals surface area contributed by atoms with E-state index in [2.05, 4.69) is 19.2 Å². The van der Waals surface area contributed by atoms with E-state index in [4.69, 9.17) is 16.7 Å². The first kappa shape index (κ1) is 17.5. The number of aliphatic carboxylic acids is 1. The Bertz CT molecular complexity index is 485. The summed E-state index contributed by atoms with van der Waals surface area (Å²) in [7, 11) is 0. The van der Waals surface area contributed by atoms with Crippen LogP contribution < -0.4 is 5.32 Å². The average Bonchev–Trinajstić information content (AvgIpc) is 2.38. The fourth-order valence-corrected chi connectivity index (χ4v) is 2.03. The molecule has 0 aliphatic carbocycles. The van der Waals surface area contributed by atoms with Gasteiger partial charge < -0.3 is 10.4 Å². The van der Waals surface area contributed by atoms with Crippen molar-refractivity contribution in [1.82, 2.24) is 5.32 Å². The summed E-state index contributed by atoms with van der Waals surface area (Å²) in [5.41, 5.74) is 0.743. The Hall–Kier alpha value is -1.55. The summed E-state index contributed by atoms with van der Waals surface area (Å²) in [6.45, 7) is 6.14. The van der Waals surface area contributed by atoms with Crippen LogP contribution in [0.3, 0.4) is 0 Å². The van der Waals surface area contributed by atoms with E-state index in [0.29, 0.717) is 17.4 Å². The lowest BCUT2D eigenvalue weighted by Crippen LogP contribution is -2.31. The van der Waals surface area contributed by atoms with Crippen molar-refractivity contribution in [1.29, 1.82) is 0 Å². The minimum Gasteiger partial charge on any atom is -0.481 e. The molecule has 0 heterocycles. The van der Waals surface area contributed by atoms with Crippen LogP contribution >= 0.6 is 11.6 Å². The van der Waals surface area contributed by atoms with Gasteiger partial charge in [-0.05, 0) is 29.5 Å². The number of carbonyl (C=O) groups excluding carboxylic acids is 1. The Morgan fingerprint density at radius 3 is 2.19 bits per heavy atom. The van der Waals surface area contributed by atoms with Gasteiger partial charge in [-0.15, -0.1) is 0 Å². The van der Waals surface area contributed by atoms with E-state index in [0.717, 1.165) is 5.56 Å². The van der Waals surface area contributed by atoms with E-state index in [1.165, 1.54) is 0 Å². The van der Waals surface area contributed by atoms with Crippen LogP contribution in [0.25, 0.3) is 0 Å². The van der Waals surface area contributed by atoms with Gasteiger partial charge in [0.2, 0.25) is 5.91 Å². The maximum atomic E-state index is 12.1. The Morgan fingerprint density at radius 1 is 1.14 bits per heavy atom. The van der Waals surface area contributed by atoms with Crippen LogP contribution in [0.15, 0.2) is 24.3 Å². The fraction of sp³-hybridized carbons (Fsp3) is 0.500. The molecule has 1 rings (SSSR count). The van der Waals surface area contributed by atoms with Gasteiger partial charge in [-0.3, -0.25) is 9.59 Å². The number of nitrogens with one attached hydrogen (secondary N) is 1. The van der Waals surface area contributed by atoms with Crippen molar-refractivity contribution in [2.24, 2.45) is 11.8 Å². The maximum absolute atomic E-state index is 12.1. The van der Waals surface area contributed by atoms with Gasteiger partial charge in [0.25, 0.3) is 0 Å². The second kappa shape index (κ2) is 8.03. The maximum Gasteiger partial charge on any atom is 0.305 e.